The van der Waals surface area contributed by atoms with E-state index in [1.807, 2.05) is 13.0 Å². The van der Waals surface area contributed by atoms with Crippen molar-refractivity contribution in [1.29, 1.82) is 0 Å². The average molecular weight is 218 g/mol. The second-order valence-electron chi connectivity index (χ2n) is 4.04. The maximum absolute atomic E-state index is 3.34. The second kappa shape index (κ2) is 4.51. The maximum atomic E-state index is 3.34. The van der Waals surface area contributed by atoms with Crippen LogP contribution in [0.2, 0.25) is 19.6 Å². The fourth-order valence-corrected chi connectivity index (χ4v) is 2.21. The van der Waals surface area contributed by atoms with E-state index in [0.717, 1.165) is 9.75 Å². The van der Waals surface area contributed by atoms with E-state index in [4.69, 9.17) is 0 Å². The third kappa shape index (κ3) is 3.83. The molecule has 0 fully saturated rings. The van der Waals surface area contributed by atoms with Gasteiger partial charge in [0.25, 0.3) is 0 Å². The lowest BCUT2D eigenvalue weighted by atomic mass is 10.4. The van der Waals surface area contributed by atoms with Crippen LogP contribution in [0.4, 0.5) is 0 Å². The minimum Gasteiger partial charge on any atom is -0.126 e. The van der Waals surface area contributed by atoms with Gasteiger partial charge in [-0.2, -0.15) is 0 Å². The van der Waals surface area contributed by atoms with E-state index in [9.17, 15) is 0 Å². The molecule has 0 amide bonds. The van der Waals surface area contributed by atoms with Crippen LogP contribution >= 0.6 is 11.3 Å². The molecule has 0 atom stereocenters. The Hall–Kier alpha value is -0.963. The van der Waals surface area contributed by atoms with Gasteiger partial charge in [0.2, 0.25) is 0 Å². The first-order valence-electron chi connectivity index (χ1n) is 4.57. The van der Waals surface area contributed by atoms with Gasteiger partial charge in [-0.1, -0.05) is 31.5 Å². The van der Waals surface area contributed by atoms with Gasteiger partial charge in [-0.15, -0.1) is 22.8 Å². The Balaban J connectivity index is 2.85. The third-order valence-electron chi connectivity index (χ3n) is 1.41. The largest absolute Gasteiger partial charge is 0.129 e. The molecule has 1 aromatic heterocycles. The van der Waals surface area contributed by atoms with Gasteiger partial charge in [0.15, 0.2) is 0 Å². The molecule has 0 aromatic carbocycles. The van der Waals surface area contributed by atoms with Crippen molar-refractivity contribution < 1.29 is 0 Å². The SMILES string of the molecule is CC#Cc1ccc(C#C[Si](C)(C)C)s1. The normalized spacial score (nSPS) is 9.71. The number of hydrogen-bond acceptors (Lipinski definition) is 1. The first kappa shape index (κ1) is 11.1. The minimum absolute atomic E-state index is 1.10. The van der Waals surface area contributed by atoms with E-state index in [1.54, 1.807) is 11.3 Å². The van der Waals surface area contributed by atoms with Crippen molar-refractivity contribution in [3.63, 3.8) is 0 Å². The highest BCUT2D eigenvalue weighted by molar-refractivity contribution is 7.13. The highest BCUT2D eigenvalue weighted by Gasteiger charge is 2.07. The molecule has 0 spiro atoms. The Kier molecular flexibility index (Phi) is 3.58. The fourth-order valence-electron chi connectivity index (χ4n) is 0.845. The van der Waals surface area contributed by atoms with Crippen molar-refractivity contribution in [3.05, 3.63) is 21.9 Å². The summed E-state index contributed by atoms with van der Waals surface area (Å²) in [5, 5.41) is 0. The Labute approximate surface area is 91.4 Å². The van der Waals surface area contributed by atoms with Crippen LogP contribution < -0.4 is 0 Å². The highest BCUT2D eigenvalue weighted by Crippen LogP contribution is 2.14. The van der Waals surface area contributed by atoms with Gasteiger partial charge in [0.1, 0.15) is 8.07 Å². The van der Waals surface area contributed by atoms with E-state index in [1.165, 1.54) is 0 Å². The molecule has 0 nitrogen and oxygen atoms in total. The molecule has 0 saturated heterocycles. The summed E-state index contributed by atoms with van der Waals surface area (Å²) in [6.45, 7) is 8.61. The zero-order valence-corrected chi connectivity index (χ0v) is 10.9. The fraction of sp³-hybridized carbons (Fsp3) is 0.333. The van der Waals surface area contributed by atoms with Crippen molar-refractivity contribution in [1.82, 2.24) is 0 Å². The predicted octanol–water partition coefficient (Wildman–Crippen LogP) is 3.35. The zero-order chi connectivity index (χ0) is 10.6. The molecule has 0 aliphatic carbocycles. The van der Waals surface area contributed by atoms with E-state index < -0.39 is 8.07 Å². The van der Waals surface area contributed by atoms with Crippen LogP contribution in [0.3, 0.4) is 0 Å². The average Bonchev–Trinajstić information content (AvgIpc) is 2.49. The summed E-state index contributed by atoms with van der Waals surface area (Å²) in [6, 6.07) is 4.09. The lowest BCUT2D eigenvalue weighted by molar-refractivity contribution is 1.81. The van der Waals surface area contributed by atoms with Crippen LogP contribution in [0.1, 0.15) is 16.7 Å². The third-order valence-corrected chi connectivity index (χ3v) is 3.21. The van der Waals surface area contributed by atoms with Crippen LogP contribution in [-0.2, 0) is 0 Å². The van der Waals surface area contributed by atoms with Gasteiger partial charge < -0.3 is 0 Å². The standard InChI is InChI=1S/C12H14SSi/c1-5-6-11-7-8-12(13-11)9-10-14(2,3)4/h7-8H,1-4H3. The lowest BCUT2D eigenvalue weighted by Crippen LogP contribution is -2.16. The minimum atomic E-state index is -1.24. The molecular weight excluding hydrogens is 204 g/mol. The molecule has 14 heavy (non-hydrogen) atoms. The van der Waals surface area contributed by atoms with Crippen molar-refractivity contribution >= 4 is 19.4 Å². The van der Waals surface area contributed by atoms with Gasteiger partial charge in [-0.25, -0.2) is 0 Å². The molecule has 2 heteroatoms. The summed E-state index contributed by atoms with van der Waals surface area (Å²) in [5.74, 6) is 9.15. The van der Waals surface area contributed by atoms with Crippen LogP contribution in [0.15, 0.2) is 12.1 Å². The quantitative estimate of drug-likeness (QED) is 0.463. The topological polar surface area (TPSA) is 0 Å². The van der Waals surface area contributed by atoms with Crippen LogP contribution in [0.25, 0.3) is 0 Å². The molecule has 0 radical (unpaired) electrons. The molecule has 0 bridgehead atoms. The van der Waals surface area contributed by atoms with Crippen LogP contribution in [0.5, 0.6) is 0 Å². The summed E-state index contributed by atoms with van der Waals surface area (Å²) < 4.78 is 0. The highest BCUT2D eigenvalue weighted by atomic mass is 32.1. The Morgan fingerprint density at radius 3 is 2.14 bits per heavy atom. The zero-order valence-electron chi connectivity index (χ0n) is 9.06. The Morgan fingerprint density at radius 2 is 1.64 bits per heavy atom. The molecule has 0 N–H and O–H groups in total. The van der Waals surface area contributed by atoms with E-state index in [2.05, 4.69) is 49.0 Å². The molecule has 1 heterocycles. The van der Waals surface area contributed by atoms with E-state index in [0.29, 0.717) is 0 Å². The van der Waals surface area contributed by atoms with Crippen molar-refractivity contribution in [2.45, 2.75) is 26.6 Å². The Bertz CT molecular complexity index is 427. The first-order chi connectivity index (χ1) is 6.51. The molecular formula is C12H14SSi. The summed E-state index contributed by atoms with van der Waals surface area (Å²) >= 11 is 1.67. The summed E-state index contributed by atoms with van der Waals surface area (Å²) in [4.78, 5) is 2.23. The monoisotopic (exact) mass is 218 g/mol. The van der Waals surface area contributed by atoms with Crippen LogP contribution in [-0.4, -0.2) is 8.07 Å². The first-order valence-corrected chi connectivity index (χ1v) is 8.89. The number of thiophene rings is 1. The van der Waals surface area contributed by atoms with Gasteiger partial charge in [-0.3, -0.25) is 0 Å². The maximum Gasteiger partial charge on any atom is 0.129 e. The molecule has 72 valence electrons. The summed E-state index contributed by atoms with van der Waals surface area (Å²) in [7, 11) is -1.24. The second-order valence-corrected chi connectivity index (χ2v) is 9.87. The molecule has 0 aliphatic heterocycles. The van der Waals surface area contributed by atoms with Crippen molar-refractivity contribution in [2.75, 3.05) is 0 Å². The Morgan fingerprint density at radius 1 is 1.07 bits per heavy atom. The van der Waals surface area contributed by atoms with Crippen molar-refractivity contribution in [2.24, 2.45) is 0 Å². The molecule has 0 aliphatic rings. The molecule has 0 unspecified atom stereocenters. The van der Waals surface area contributed by atoms with Gasteiger partial charge in [-0.05, 0) is 19.1 Å². The van der Waals surface area contributed by atoms with E-state index >= 15 is 0 Å². The van der Waals surface area contributed by atoms with Gasteiger partial charge in [0.05, 0.1) is 9.75 Å². The summed E-state index contributed by atoms with van der Waals surface area (Å²) in [6.07, 6.45) is 0. The number of hydrogen-bond donors (Lipinski definition) is 0. The number of rotatable bonds is 0. The smallest absolute Gasteiger partial charge is 0.126 e. The van der Waals surface area contributed by atoms with Crippen molar-refractivity contribution in [3.8, 4) is 23.3 Å². The molecule has 1 aromatic rings. The predicted molar refractivity (Wildman–Crippen MR) is 67.1 cm³/mol. The lowest BCUT2D eigenvalue weighted by Gasteiger charge is -2.02. The van der Waals surface area contributed by atoms with Crippen LogP contribution in [0, 0.1) is 23.3 Å². The molecule has 0 saturated carbocycles. The van der Waals surface area contributed by atoms with Gasteiger partial charge in [0, 0.05) is 0 Å². The summed E-state index contributed by atoms with van der Waals surface area (Å²) in [5.41, 5.74) is 3.34. The van der Waals surface area contributed by atoms with Gasteiger partial charge >= 0.3 is 0 Å². The molecule has 1 rings (SSSR count). The van der Waals surface area contributed by atoms with E-state index in [-0.39, 0.29) is 0 Å².